The van der Waals surface area contributed by atoms with Crippen molar-refractivity contribution < 1.29 is 19.1 Å². The summed E-state index contributed by atoms with van der Waals surface area (Å²) in [6.45, 7) is 1.57. The van der Waals surface area contributed by atoms with E-state index < -0.39 is 11.9 Å². The summed E-state index contributed by atoms with van der Waals surface area (Å²) in [6, 6.07) is 12.5. The molecule has 1 aliphatic rings. The fourth-order valence-corrected chi connectivity index (χ4v) is 2.64. The average molecular weight is 358 g/mol. The highest BCUT2D eigenvalue weighted by Gasteiger charge is 2.19. The molecule has 2 aromatic rings. The lowest BCUT2D eigenvalue weighted by Gasteiger charge is -2.17. The van der Waals surface area contributed by atoms with Crippen molar-refractivity contribution in [1.82, 2.24) is 0 Å². The number of ether oxygens (including phenoxy) is 2. The van der Waals surface area contributed by atoms with Gasteiger partial charge in [-0.15, -0.1) is 0 Å². The Labute approximate surface area is 150 Å². The summed E-state index contributed by atoms with van der Waals surface area (Å²) in [5.74, 6) is -0.274. The second kappa shape index (κ2) is 7.40. The van der Waals surface area contributed by atoms with Gasteiger partial charge >= 0.3 is 5.97 Å². The molecule has 1 heterocycles. The lowest BCUT2D eigenvalue weighted by molar-refractivity contribution is -0.143. The van der Waals surface area contributed by atoms with Gasteiger partial charge in [0.05, 0.1) is 5.57 Å². The van der Waals surface area contributed by atoms with Crippen molar-refractivity contribution in [3.63, 3.8) is 0 Å². The molecule has 1 N–H and O–H groups in total. The van der Waals surface area contributed by atoms with Crippen LogP contribution in [0.15, 0.2) is 48.0 Å². The zero-order chi connectivity index (χ0) is 17.8. The monoisotopic (exact) mass is 357 g/mol. The molecule has 0 aromatic heterocycles. The Hall–Kier alpha value is -2.79. The first kappa shape index (κ1) is 17.0. The smallest absolute Gasteiger partial charge is 0.338 e. The number of esters is 1. The molecule has 0 bridgehead atoms. The maximum Gasteiger partial charge on any atom is 0.338 e. The van der Waals surface area contributed by atoms with Crippen LogP contribution in [0.2, 0.25) is 5.02 Å². The van der Waals surface area contributed by atoms with Crippen LogP contribution in [0.1, 0.15) is 11.1 Å². The number of nitrogens with one attached hydrogen (secondary N) is 1. The molecular formula is C19H16ClNO4. The minimum atomic E-state index is -0.572. The molecule has 0 radical (unpaired) electrons. The molecule has 3 rings (SSSR count). The van der Waals surface area contributed by atoms with E-state index in [0.29, 0.717) is 16.3 Å². The number of carbonyl (C=O) groups is 2. The van der Waals surface area contributed by atoms with Gasteiger partial charge in [0, 0.05) is 16.3 Å². The predicted molar refractivity (Wildman–Crippen MR) is 95.7 cm³/mol. The van der Waals surface area contributed by atoms with Crippen molar-refractivity contribution in [2.45, 2.75) is 6.92 Å². The molecule has 0 saturated carbocycles. The maximum atomic E-state index is 12.1. The Morgan fingerprint density at radius 2 is 2.04 bits per heavy atom. The van der Waals surface area contributed by atoms with Crippen LogP contribution < -0.4 is 10.1 Å². The topological polar surface area (TPSA) is 64.6 Å². The number of rotatable bonds is 4. The number of anilines is 1. The van der Waals surface area contributed by atoms with Crippen molar-refractivity contribution in [3.8, 4) is 5.75 Å². The third-order valence-electron chi connectivity index (χ3n) is 3.69. The van der Waals surface area contributed by atoms with Gasteiger partial charge in [-0.1, -0.05) is 29.8 Å². The van der Waals surface area contributed by atoms with Crippen LogP contribution in [0.5, 0.6) is 5.75 Å². The Bertz CT molecular complexity index is 860. The van der Waals surface area contributed by atoms with Crippen LogP contribution in [0.25, 0.3) is 6.08 Å². The van der Waals surface area contributed by atoms with Crippen molar-refractivity contribution in [2.75, 3.05) is 18.5 Å². The van der Waals surface area contributed by atoms with Crippen LogP contribution in [-0.4, -0.2) is 25.1 Å². The zero-order valence-corrected chi connectivity index (χ0v) is 14.3. The minimum Gasteiger partial charge on any atom is -0.488 e. The fraction of sp³-hybridized carbons (Fsp3) is 0.158. The molecule has 0 unspecified atom stereocenters. The molecule has 2 aromatic carbocycles. The predicted octanol–water partition coefficient (Wildman–Crippen LogP) is 3.61. The van der Waals surface area contributed by atoms with Gasteiger partial charge in [0.25, 0.3) is 5.91 Å². The lowest BCUT2D eigenvalue weighted by atomic mass is 10.1. The second-order valence-electron chi connectivity index (χ2n) is 5.58. The van der Waals surface area contributed by atoms with Crippen molar-refractivity contribution >= 4 is 35.2 Å². The number of carbonyl (C=O) groups excluding carboxylic acids is 2. The molecule has 128 valence electrons. The molecule has 0 spiro atoms. The number of hydrogen-bond acceptors (Lipinski definition) is 4. The Morgan fingerprint density at radius 1 is 1.24 bits per heavy atom. The summed E-state index contributed by atoms with van der Waals surface area (Å²) in [7, 11) is 0. The molecule has 1 amide bonds. The van der Waals surface area contributed by atoms with Gasteiger partial charge in [0.15, 0.2) is 6.61 Å². The van der Waals surface area contributed by atoms with Crippen LogP contribution >= 0.6 is 11.6 Å². The SMILES string of the molecule is Cc1cc(Cl)ccc1NC(=O)COC(=O)C1=Cc2ccccc2OC1. The number of benzene rings is 2. The van der Waals surface area contributed by atoms with Crippen molar-refractivity contribution in [2.24, 2.45) is 0 Å². The summed E-state index contributed by atoms with van der Waals surface area (Å²) in [5, 5.41) is 3.28. The summed E-state index contributed by atoms with van der Waals surface area (Å²) < 4.78 is 10.6. The van der Waals surface area contributed by atoms with Crippen LogP contribution in [-0.2, 0) is 14.3 Å². The van der Waals surface area contributed by atoms with Crippen LogP contribution in [0.4, 0.5) is 5.69 Å². The van der Waals surface area contributed by atoms with Crippen molar-refractivity contribution in [3.05, 3.63) is 64.2 Å². The highest BCUT2D eigenvalue weighted by atomic mass is 35.5. The highest BCUT2D eigenvalue weighted by molar-refractivity contribution is 6.30. The van der Waals surface area contributed by atoms with E-state index in [1.165, 1.54) is 0 Å². The standard InChI is InChI=1S/C19H16ClNO4/c1-12-8-15(20)6-7-16(12)21-18(22)11-25-19(23)14-9-13-4-2-3-5-17(13)24-10-14/h2-9H,10-11H2,1H3,(H,21,22). The first-order valence-corrected chi connectivity index (χ1v) is 8.06. The van der Waals surface area contributed by atoms with E-state index in [1.807, 2.05) is 31.2 Å². The molecule has 0 fully saturated rings. The lowest BCUT2D eigenvalue weighted by Crippen LogP contribution is -2.24. The number of fused-ring (bicyclic) bond motifs is 1. The van der Waals surface area contributed by atoms with E-state index in [2.05, 4.69) is 5.32 Å². The molecule has 0 saturated heterocycles. The summed E-state index contributed by atoms with van der Waals surface area (Å²) in [4.78, 5) is 24.1. The average Bonchev–Trinajstić information content (AvgIpc) is 2.61. The van der Waals surface area contributed by atoms with Gasteiger partial charge in [-0.25, -0.2) is 4.79 Å². The minimum absolute atomic E-state index is 0.119. The third-order valence-corrected chi connectivity index (χ3v) is 3.93. The highest BCUT2D eigenvalue weighted by Crippen LogP contribution is 2.26. The van der Waals surface area contributed by atoms with E-state index in [1.54, 1.807) is 24.3 Å². The second-order valence-corrected chi connectivity index (χ2v) is 6.02. The third kappa shape index (κ3) is 4.19. The Balaban J connectivity index is 1.57. The molecule has 0 atom stereocenters. The fourth-order valence-electron chi connectivity index (χ4n) is 2.41. The summed E-state index contributed by atoms with van der Waals surface area (Å²) >= 11 is 5.88. The normalized spacial score (nSPS) is 12.5. The first-order chi connectivity index (χ1) is 12.0. The Kier molecular flexibility index (Phi) is 5.05. The first-order valence-electron chi connectivity index (χ1n) is 7.68. The van der Waals surface area contributed by atoms with Gasteiger partial charge in [0.1, 0.15) is 12.4 Å². The van der Waals surface area contributed by atoms with Gasteiger partial charge in [-0.3, -0.25) is 4.79 Å². The van der Waals surface area contributed by atoms with Crippen LogP contribution in [0.3, 0.4) is 0 Å². The molecule has 25 heavy (non-hydrogen) atoms. The summed E-state index contributed by atoms with van der Waals surface area (Å²) in [6.07, 6.45) is 1.71. The molecule has 0 aliphatic carbocycles. The number of halogens is 1. The number of amides is 1. The Morgan fingerprint density at radius 3 is 2.84 bits per heavy atom. The molecule has 5 nitrogen and oxygen atoms in total. The quantitative estimate of drug-likeness (QED) is 0.849. The number of aryl methyl sites for hydroxylation is 1. The van der Waals surface area contributed by atoms with Crippen LogP contribution in [0, 0.1) is 6.92 Å². The molecule has 6 heteroatoms. The summed E-state index contributed by atoms with van der Waals surface area (Å²) in [5.41, 5.74) is 2.63. The van der Waals surface area contributed by atoms with Gasteiger partial charge in [-0.05, 0) is 42.8 Å². The molecule has 1 aliphatic heterocycles. The van der Waals surface area contributed by atoms with Gasteiger partial charge in [-0.2, -0.15) is 0 Å². The number of hydrogen-bond donors (Lipinski definition) is 1. The van der Waals surface area contributed by atoms with E-state index in [4.69, 9.17) is 21.1 Å². The number of para-hydroxylation sites is 1. The largest absolute Gasteiger partial charge is 0.488 e. The van der Waals surface area contributed by atoms with E-state index in [-0.39, 0.29) is 13.2 Å². The van der Waals surface area contributed by atoms with Gasteiger partial charge in [0.2, 0.25) is 0 Å². The zero-order valence-electron chi connectivity index (χ0n) is 13.5. The van der Waals surface area contributed by atoms with E-state index in [9.17, 15) is 9.59 Å². The van der Waals surface area contributed by atoms with Crippen molar-refractivity contribution in [1.29, 1.82) is 0 Å². The maximum absolute atomic E-state index is 12.1. The van der Waals surface area contributed by atoms with Gasteiger partial charge < -0.3 is 14.8 Å². The van der Waals surface area contributed by atoms with E-state index in [0.717, 1.165) is 16.9 Å². The molecular weight excluding hydrogens is 342 g/mol. The van der Waals surface area contributed by atoms with E-state index >= 15 is 0 Å².